The third kappa shape index (κ3) is 3.47. The summed E-state index contributed by atoms with van der Waals surface area (Å²) in [5, 5.41) is 3.27. The van der Waals surface area contributed by atoms with Gasteiger partial charge in [0.15, 0.2) is 0 Å². The van der Waals surface area contributed by atoms with Crippen molar-refractivity contribution in [2.45, 2.75) is 26.3 Å². The average Bonchev–Trinajstić information content (AvgIpc) is 2.78. The largest absolute Gasteiger partial charge is 0.365 e. The van der Waals surface area contributed by atoms with Gasteiger partial charge in [0.05, 0.1) is 12.1 Å². The summed E-state index contributed by atoms with van der Waals surface area (Å²) in [5.74, 6) is 1.99. The predicted molar refractivity (Wildman–Crippen MR) is 73.3 cm³/mol. The van der Waals surface area contributed by atoms with Crippen LogP contribution in [-0.2, 0) is 6.54 Å². The Morgan fingerprint density at radius 1 is 1.41 bits per heavy atom. The van der Waals surface area contributed by atoms with Crippen LogP contribution in [0.5, 0.6) is 0 Å². The molecule has 0 saturated heterocycles. The van der Waals surface area contributed by atoms with E-state index < -0.39 is 0 Å². The number of nitrogens with one attached hydrogen (secondary N) is 1. The van der Waals surface area contributed by atoms with E-state index in [9.17, 15) is 0 Å². The summed E-state index contributed by atoms with van der Waals surface area (Å²) >= 11 is 5.03. The fourth-order valence-corrected chi connectivity index (χ4v) is 2.22. The van der Waals surface area contributed by atoms with Gasteiger partial charge < -0.3 is 5.32 Å². The molecule has 0 atom stereocenters. The number of halogens is 1. The number of rotatable bonds is 4. The van der Waals surface area contributed by atoms with Crippen molar-refractivity contribution in [2.75, 3.05) is 5.32 Å². The lowest BCUT2D eigenvalue weighted by Gasteiger charge is -2.08. The zero-order valence-corrected chi connectivity index (χ0v) is 12.0. The van der Waals surface area contributed by atoms with Gasteiger partial charge in [0.1, 0.15) is 16.2 Å². The minimum absolute atomic E-state index is 0.316. The molecule has 0 unspecified atom stereocenters. The molecule has 0 fully saturated rings. The smallest absolute Gasteiger partial charge is 0.134 e. The van der Waals surface area contributed by atoms with E-state index in [4.69, 9.17) is 0 Å². The van der Waals surface area contributed by atoms with Crippen molar-refractivity contribution >= 4 is 33.1 Å². The average molecular weight is 313 g/mol. The molecule has 2 aromatic rings. The summed E-state index contributed by atoms with van der Waals surface area (Å²) in [6.07, 6.45) is 1.86. The number of thiazole rings is 1. The molecule has 90 valence electrons. The Hall–Kier alpha value is -1.01. The van der Waals surface area contributed by atoms with Gasteiger partial charge in [0.2, 0.25) is 0 Å². The molecule has 6 heteroatoms. The molecule has 0 bridgehead atoms. The maximum absolute atomic E-state index is 4.46. The zero-order valence-electron chi connectivity index (χ0n) is 9.64. The molecule has 2 aromatic heterocycles. The van der Waals surface area contributed by atoms with Crippen LogP contribution in [-0.4, -0.2) is 15.0 Å². The van der Waals surface area contributed by atoms with Crippen LogP contribution in [0.3, 0.4) is 0 Å². The van der Waals surface area contributed by atoms with Crippen molar-refractivity contribution in [2.24, 2.45) is 0 Å². The molecular weight excluding hydrogens is 300 g/mol. The van der Waals surface area contributed by atoms with E-state index in [0.29, 0.717) is 5.92 Å². The van der Waals surface area contributed by atoms with E-state index in [0.717, 1.165) is 22.8 Å². The summed E-state index contributed by atoms with van der Waals surface area (Å²) < 4.78 is 0.808. The molecular formula is C11H13BrN4S. The van der Waals surface area contributed by atoms with E-state index in [-0.39, 0.29) is 0 Å². The molecule has 0 aromatic carbocycles. The molecule has 0 aliphatic carbocycles. The number of aromatic nitrogens is 3. The lowest BCUT2D eigenvalue weighted by atomic mass is 10.2. The van der Waals surface area contributed by atoms with E-state index in [1.807, 2.05) is 17.8 Å². The molecule has 17 heavy (non-hydrogen) atoms. The zero-order chi connectivity index (χ0) is 12.3. The minimum atomic E-state index is 0.316. The van der Waals surface area contributed by atoms with Gasteiger partial charge in [0.25, 0.3) is 0 Å². The highest BCUT2D eigenvalue weighted by atomic mass is 79.9. The van der Waals surface area contributed by atoms with Crippen molar-refractivity contribution in [1.82, 2.24) is 15.0 Å². The fraction of sp³-hybridized carbons (Fsp3) is 0.364. The molecule has 0 spiro atoms. The summed E-state index contributed by atoms with van der Waals surface area (Å²) in [5.41, 5.74) is 1.83. The normalized spacial score (nSPS) is 10.8. The van der Waals surface area contributed by atoms with Crippen LogP contribution in [0, 0.1) is 0 Å². The Balaban J connectivity index is 2.10. The fourth-order valence-electron chi connectivity index (χ4n) is 1.29. The first-order valence-corrected chi connectivity index (χ1v) is 6.98. The van der Waals surface area contributed by atoms with Crippen molar-refractivity contribution in [3.63, 3.8) is 0 Å². The first-order chi connectivity index (χ1) is 8.15. The molecule has 0 radical (unpaired) electrons. The number of nitrogens with zero attached hydrogens (tertiary/aromatic N) is 3. The number of anilines is 1. The Labute approximate surface area is 113 Å². The molecule has 1 N–H and O–H groups in total. The SMILES string of the molecule is CC(C)c1nc(Br)cc(NCc2cncs2)n1. The topological polar surface area (TPSA) is 50.7 Å². The minimum Gasteiger partial charge on any atom is -0.365 e. The molecule has 0 amide bonds. The van der Waals surface area contributed by atoms with Crippen LogP contribution < -0.4 is 5.32 Å². The van der Waals surface area contributed by atoms with Gasteiger partial charge >= 0.3 is 0 Å². The van der Waals surface area contributed by atoms with Gasteiger partial charge in [-0.2, -0.15) is 0 Å². The second-order valence-corrected chi connectivity index (χ2v) is 5.69. The van der Waals surface area contributed by atoms with Crippen molar-refractivity contribution in [3.05, 3.63) is 33.1 Å². The highest BCUT2D eigenvalue weighted by Gasteiger charge is 2.06. The highest BCUT2D eigenvalue weighted by Crippen LogP contribution is 2.18. The van der Waals surface area contributed by atoms with Crippen LogP contribution in [0.4, 0.5) is 5.82 Å². The van der Waals surface area contributed by atoms with Crippen LogP contribution in [0.2, 0.25) is 0 Å². The standard InChI is InChI=1S/C11H13BrN4S/c1-7(2)11-15-9(12)3-10(16-11)14-5-8-4-13-6-17-8/h3-4,6-7H,5H2,1-2H3,(H,14,15,16). The van der Waals surface area contributed by atoms with Gasteiger partial charge in [-0.25, -0.2) is 9.97 Å². The van der Waals surface area contributed by atoms with Gasteiger partial charge in [-0.3, -0.25) is 4.98 Å². The van der Waals surface area contributed by atoms with E-state index >= 15 is 0 Å². The number of hydrogen-bond donors (Lipinski definition) is 1. The molecule has 4 nitrogen and oxygen atoms in total. The van der Waals surface area contributed by atoms with Crippen molar-refractivity contribution in [3.8, 4) is 0 Å². The van der Waals surface area contributed by atoms with Gasteiger partial charge in [-0.15, -0.1) is 11.3 Å². The van der Waals surface area contributed by atoms with Crippen LogP contribution in [0.15, 0.2) is 22.4 Å². The van der Waals surface area contributed by atoms with E-state index in [1.54, 1.807) is 11.3 Å². The lowest BCUT2D eigenvalue weighted by molar-refractivity contribution is 0.769. The first-order valence-electron chi connectivity index (χ1n) is 5.31. The summed E-state index contributed by atoms with van der Waals surface area (Å²) in [4.78, 5) is 14.0. The second-order valence-electron chi connectivity index (χ2n) is 3.91. The Morgan fingerprint density at radius 2 is 2.24 bits per heavy atom. The summed E-state index contributed by atoms with van der Waals surface area (Å²) in [6.45, 7) is 4.90. The maximum atomic E-state index is 4.46. The second kappa shape index (κ2) is 5.55. The summed E-state index contributed by atoms with van der Waals surface area (Å²) in [7, 11) is 0. The van der Waals surface area contributed by atoms with Crippen LogP contribution in [0.25, 0.3) is 0 Å². The Kier molecular flexibility index (Phi) is 4.06. The molecule has 0 aliphatic heterocycles. The molecule has 0 saturated carbocycles. The first kappa shape index (κ1) is 12.4. The predicted octanol–water partition coefficient (Wildman–Crippen LogP) is 3.43. The summed E-state index contributed by atoms with van der Waals surface area (Å²) in [6, 6.07) is 1.88. The van der Waals surface area contributed by atoms with Gasteiger partial charge in [-0.05, 0) is 15.9 Å². The maximum Gasteiger partial charge on any atom is 0.134 e. The van der Waals surface area contributed by atoms with Crippen LogP contribution >= 0.6 is 27.3 Å². The molecule has 2 heterocycles. The molecule has 0 aliphatic rings. The van der Waals surface area contributed by atoms with E-state index in [1.165, 1.54) is 4.88 Å². The highest BCUT2D eigenvalue weighted by molar-refractivity contribution is 9.10. The van der Waals surface area contributed by atoms with Crippen molar-refractivity contribution in [1.29, 1.82) is 0 Å². The Morgan fingerprint density at radius 3 is 2.88 bits per heavy atom. The Bertz CT molecular complexity index is 484. The van der Waals surface area contributed by atoms with Crippen molar-refractivity contribution < 1.29 is 0 Å². The lowest BCUT2D eigenvalue weighted by Crippen LogP contribution is -2.05. The third-order valence-corrected chi connectivity index (χ3v) is 3.34. The monoisotopic (exact) mass is 312 g/mol. The quantitative estimate of drug-likeness (QED) is 0.879. The van der Waals surface area contributed by atoms with Gasteiger partial charge in [0, 0.05) is 23.1 Å². The number of hydrogen-bond acceptors (Lipinski definition) is 5. The van der Waals surface area contributed by atoms with E-state index in [2.05, 4.69) is 50.0 Å². The molecule has 2 rings (SSSR count). The van der Waals surface area contributed by atoms with Gasteiger partial charge in [-0.1, -0.05) is 13.8 Å². The van der Waals surface area contributed by atoms with Crippen LogP contribution in [0.1, 0.15) is 30.5 Å². The third-order valence-electron chi connectivity index (χ3n) is 2.16.